The van der Waals surface area contributed by atoms with Crippen molar-refractivity contribution in [3.63, 3.8) is 0 Å². The summed E-state index contributed by atoms with van der Waals surface area (Å²) < 4.78 is 5.83. The Hall–Kier alpha value is -1.68. The lowest BCUT2D eigenvalue weighted by molar-refractivity contribution is -0.133. The van der Waals surface area contributed by atoms with Crippen LogP contribution in [0.2, 0.25) is 5.02 Å². The summed E-state index contributed by atoms with van der Waals surface area (Å²) in [5.41, 5.74) is -0.511. The number of carbonyl (C=O) groups is 1. The predicted molar refractivity (Wildman–Crippen MR) is 81.1 cm³/mol. The van der Waals surface area contributed by atoms with Crippen molar-refractivity contribution in [2.75, 3.05) is 0 Å². The topological polar surface area (TPSA) is 51.0 Å². The lowest BCUT2D eigenvalue weighted by Crippen LogP contribution is -2.44. The molecule has 4 nitrogen and oxygen atoms in total. The van der Waals surface area contributed by atoms with Crippen molar-refractivity contribution in [2.45, 2.75) is 32.9 Å². The summed E-state index contributed by atoms with van der Waals surface area (Å²) in [6, 6.07) is 6.54. The van der Waals surface area contributed by atoms with E-state index < -0.39 is 11.5 Å². The molecule has 0 N–H and O–H groups in total. The lowest BCUT2D eigenvalue weighted by atomic mass is 9.85. The van der Waals surface area contributed by atoms with E-state index in [4.69, 9.17) is 16.3 Å². The number of hydrogen-bond acceptors (Lipinski definition) is 4. The van der Waals surface area contributed by atoms with Crippen LogP contribution in [0.4, 0.5) is 0 Å². The van der Waals surface area contributed by atoms with Gasteiger partial charge in [0.1, 0.15) is 18.1 Å². The zero-order valence-electron chi connectivity index (χ0n) is 11.7. The van der Waals surface area contributed by atoms with Crippen LogP contribution in [0.15, 0.2) is 34.3 Å². The zero-order chi connectivity index (χ0) is 14.8. The summed E-state index contributed by atoms with van der Waals surface area (Å²) in [5.74, 6) is 0.579. The molecule has 0 saturated heterocycles. The number of Topliss-reactive ketones (excluding diaryl/α,β-unsaturated/α-hetero) is 1. The van der Waals surface area contributed by atoms with Crippen molar-refractivity contribution in [1.29, 1.82) is 0 Å². The Morgan fingerprint density at radius 3 is 2.45 bits per heavy atom. The average molecular weight is 293 g/mol. The SMILES string of the molecule is CC(C)(C)C(=O)C(Oc1ccc(Cl)cc1)C1C=NC=N1. The summed E-state index contributed by atoms with van der Waals surface area (Å²) in [4.78, 5) is 20.6. The van der Waals surface area contributed by atoms with Gasteiger partial charge >= 0.3 is 0 Å². The molecule has 0 aromatic heterocycles. The number of ketones is 1. The van der Waals surface area contributed by atoms with Gasteiger partial charge in [-0.05, 0) is 24.3 Å². The largest absolute Gasteiger partial charge is 0.480 e. The quantitative estimate of drug-likeness (QED) is 0.856. The van der Waals surface area contributed by atoms with Crippen LogP contribution in [0, 0.1) is 5.41 Å². The molecule has 0 radical (unpaired) electrons. The van der Waals surface area contributed by atoms with Gasteiger partial charge in [0, 0.05) is 16.7 Å². The van der Waals surface area contributed by atoms with Crippen molar-refractivity contribution < 1.29 is 9.53 Å². The first-order valence-electron chi connectivity index (χ1n) is 6.39. The van der Waals surface area contributed by atoms with Gasteiger partial charge in [0.2, 0.25) is 0 Å². The van der Waals surface area contributed by atoms with Crippen LogP contribution in [0.1, 0.15) is 20.8 Å². The number of halogens is 1. The van der Waals surface area contributed by atoms with E-state index in [1.165, 1.54) is 6.34 Å². The predicted octanol–water partition coefficient (Wildman–Crippen LogP) is 3.18. The van der Waals surface area contributed by atoms with Gasteiger partial charge in [-0.15, -0.1) is 0 Å². The van der Waals surface area contributed by atoms with Crippen LogP contribution >= 0.6 is 11.6 Å². The highest BCUT2D eigenvalue weighted by Gasteiger charge is 2.37. The van der Waals surface area contributed by atoms with E-state index in [2.05, 4.69) is 9.98 Å². The van der Waals surface area contributed by atoms with E-state index in [0.29, 0.717) is 10.8 Å². The molecule has 0 aliphatic carbocycles. The molecule has 20 heavy (non-hydrogen) atoms. The molecule has 0 spiro atoms. The van der Waals surface area contributed by atoms with Crippen LogP contribution in [-0.2, 0) is 4.79 Å². The van der Waals surface area contributed by atoms with Gasteiger partial charge in [-0.25, -0.2) is 4.99 Å². The smallest absolute Gasteiger partial charge is 0.184 e. The molecule has 2 unspecified atom stereocenters. The first kappa shape index (κ1) is 14.7. The van der Waals surface area contributed by atoms with Gasteiger partial charge < -0.3 is 4.74 Å². The second-order valence-electron chi connectivity index (χ2n) is 5.66. The molecule has 0 amide bonds. The zero-order valence-corrected chi connectivity index (χ0v) is 12.5. The highest BCUT2D eigenvalue weighted by atomic mass is 35.5. The third-order valence-corrected chi connectivity index (χ3v) is 3.18. The van der Waals surface area contributed by atoms with E-state index in [9.17, 15) is 4.79 Å². The summed E-state index contributed by atoms with van der Waals surface area (Å²) in [7, 11) is 0. The second-order valence-corrected chi connectivity index (χ2v) is 6.10. The average Bonchev–Trinajstić information content (AvgIpc) is 2.90. The third-order valence-electron chi connectivity index (χ3n) is 2.93. The number of rotatable bonds is 4. The number of benzene rings is 1. The molecule has 2 atom stereocenters. The Balaban J connectivity index is 2.23. The second kappa shape index (κ2) is 5.75. The van der Waals surface area contributed by atoms with Crippen molar-refractivity contribution in [1.82, 2.24) is 0 Å². The third kappa shape index (κ3) is 3.45. The molecule has 1 aromatic rings. The number of carbonyl (C=O) groups excluding carboxylic acids is 1. The summed E-state index contributed by atoms with van der Waals surface area (Å²) in [6.45, 7) is 5.59. The molecule has 5 heteroatoms. The van der Waals surface area contributed by atoms with E-state index in [0.717, 1.165) is 0 Å². The maximum absolute atomic E-state index is 12.5. The van der Waals surface area contributed by atoms with E-state index in [1.54, 1.807) is 30.5 Å². The molecule has 106 valence electrons. The summed E-state index contributed by atoms with van der Waals surface area (Å²) in [5, 5.41) is 0.622. The fourth-order valence-corrected chi connectivity index (χ4v) is 1.93. The highest BCUT2D eigenvalue weighted by Crippen LogP contribution is 2.24. The normalized spacial score (nSPS) is 19.1. The number of ether oxygens (including phenoxy) is 1. The van der Waals surface area contributed by atoms with E-state index in [1.807, 2.05) is 20.8 Å². The van der Waals surface area contributed by atoms with Crippen LogP contribution in [0.5, 0.6) is 5.75 Å². The first-order chi connectivity index (χ1) is 9.38. The van der Waals surface area contributed by atoms with E-state index >= 15 is 0 Å². The Kier molecular flexibility index (Phi) is 4.23. The van der Waals surface area contributed by atoms with Gasteiger partial charge in [-0.2, -0.15) is 0 Å². The fourth-order valence-electron chi connectivity index (χ4n) is 1.80. The molecule has 0 saturated carbocycles. The van der Waals surface area contributed by atoms with Gasteiger partial charge in [0.05, 0.1) is 0 Å². The van der Waals surface area contributed by atoms with Gasteiger partial charge in [0.15, 0.2) is 11.9 Å². The van der Waals surface area contributed by atoms with Crippen LogP contribution < -0.4 is 4.74 Å². The fraction of sp³-hybridized carbons (Fsp3) is 0.400. The van der Waals surface area contributed by atoms with Crippen molar-refractivity contribution in [3.8, 4) is 5.75 Å². The van der Waals surface area contributed by atoms with Gasteiger partial charge in [-0.3, -0.25) is 9.79 Å². The first-order valence-corrected chi connectivity index (χ1v) is 6.77. The maximum Gasteiger partial charge on any atom is 0.184 e. The molecular weight excluding hydrogens is 276 g/mol. The Morgan fingerprint density at radius 2 is 1.95 bits per heavy atom. The molecule has 0 bridgehead atoms. The van der Waals surface area contributed by atoms with Crippen LogP contribution in [0.3, 0.4) is 0 Å². The minimum Gasteiger partial charge on any atom is -0.480 e. The molecule has 1 heterocycles. The summed E-state index contributed by atoms with van der Waals surface area (Å²) >= 11 is 5.84. The monoisotopic (exact) mass is 292 g/mol. The van der Waals surface area contributed by atoms with Crippen LogP contribution in [-0.4, -0.2) is 30.5 Å². The maximum atomic E-state index is 12.5. The van der Waals surface area contributed by atoms with Crippen molar-refractivity contribution >= 4 is 29.9 Å². The molecular formula is C15H17ClN2O2. The molecule has 1 aromatic carbocycles. The Labute approximate surface area is 123 Å². The molecule has 1 aliphatic rings. The van der Waals surface area contributed by atoms with Gasteiger partial charge in [0.25, 0.3) is 0 Å². The molecule has 0 fully saturated rings. The molecule has 1 aliphatic heterocycles. The Bertz CT molecular complexity index is 532. The van der Waals surface area contributed by atoms with Crippen LogP contribution in [0.25, 0.3) is 0 Å². The summed E-state index contributed by atoms with van der Waals surface area (Å²) in [6.07, 6.45) is 2.39. The number of hydrogen-bond donors (Lipinski definition) is 0. The minimum atomic E-state index is -0.682. The lowest BCUT2D eigenvalue weighted by Gasteiger charge is -2.27. The number of nitrogens with zero attached hydrogens (tertiary/aromatic N) is 2. The van der Waals surface area contributed by atoms with Crippen molar-refractivity contribution in [2.24, 2.45) is 15.4 Å². The van der Waals surface area contributed by atoms with Crippen molar-refractivity contribution in [3.05, 3.63) is 29.3 Å². The van der Waals surface area contributed by atoms with E-state index in [-0.39, 0.29) is 11.8 Å². The number of aliphatic imine (C=N–C) groups is 2. The Morgan fingerprint density at radius 1 is 1.30 bits per heavy atom. The standard InChI is InChI=1S/C15H17ClN2O2/c1-15(2,3)14(19)13(12-8-17-9-18-12)20-11-6-4-10(16)5-7-11/h4-9,12-13H,1-3H3. The highest BCUT2D eigenvalue weighted by molar-refractivity contribution is 6.30. The molecule has 2 rings (SSSR count). The minimum absolute atomic E-state index is 0.0112. The van der Waals surface area contributed by atoms with Gasteiger partial charge in [-0.1, -0.05) is 32.4 Å².